The van der Waals surface area contributed by atoms with Crippen LogP contribution in [-0.4, -0.2) is 44.1 Å². The highest BCUT2D eigenvalue weighted by atomic mass is 35.5. The van der Waals surface area contributed by atoms with Crippen LogP contribution in [0, 0.1) is 20.8 Å². The third-order valence-corrected chi connectivity index (χ3v) is 6.36. The fourth-order valence-electron chi connectivity index (χ4n) is 3.39. The molecule has 2 heterocycles. The van der Waals surface area contributed by atoms with Crippen molar-refractivity contribution >= 4 is 34.7 Å². The highest BCUT2D eigenvalue weighted by Gasteiger charge is 2.27. The largest absolute Gasteiger partial charge is 0.496 e. The smallest absolute Gasteiger partial charge is 0.239 e. The van der Waals surface area contributed by atoms with Gasteiger partial charge in [-0.1, -0.05) is 18.2 Å². The van der Waals surface area contributed by atoms with Gasteiger partial charge in [-0.05, 0) is 38.0 Å². The summed E-state index contributed by atoms with van der Waals surface area (Å²) in [7, 11) is 1.69. The van der Waals surface area contributed by atoms with Crippen LogP contribution >= 0.6 is 23.7 Å². The number of aryl methyl sites for hydroxylation is 1. The van der Waals surface area contributed by atoms with Crippen LogP contribution in [0.4, 0.5) is 5.00 Å². The molecule has 1 saturated heterocycles. The molecule has 27 heavy (non-hydrogen) atoms. The molecule has 0 bridgehead atoms. The number of anilines is 1. The number of hydrogen-bond acceptors (Lipinski definition) is 5. The maximum atomic E-state index is 12.7. The fourth-order valence-corrected chi connectivity index (χ4v) is 4.48. The lowest BCUT2D eigenvalue weighted by Gasteiger charge is -2.36. The molecule has 5 nitrogen and oxygen atoms in total. The van der Waals surface area contributed by atoms with E-state index in [9.17, 15) is 4.79 Å². The van der Waals surface area contributed by atoms with E-state index in [1.165, 1.54) is 16.0 Å². The minimum Gasteiger partial charge on any atom is -0.496 e. The Bertz CT molecular complexity index is 794. The van der Waals surface area contributed by atoms with Crippen LogP contribution in [0.3, 0.4) is 0 Å². The van der Waals surface area contributed by atoms with Gasteiger partial charge in [0.25, 0.3) is 0 Å². The van der Waals surface area contributed by atoms with Crippen LogP contribution in [0.2, 0.25) is 0 Å². The Hall–Kier alpha value is -1.60. The van der Waals surface area contributed by atoms with E-state index in [4.69, 9.17) is 4.74 Å². The number of para-hydroxylation sites is 1. The Kier molecular flexibility index (Phi) is 7.68. The third-order valence-electron chi connectivity index (χ3n) is 5.14. The van der Waals surface area contributed by atoms with Gasteiger partial charge in [0.05, 0.1) is 24.7 Å². The molecule has 1 aromatic carbocycles. The quantitative estimate of drug-likeness (QED) is 0.790. The number of carbonyl (C=O) groups excluding carboxylic acids is 1. The fraction of sp³-hybridized carbons (Fsp3) is 0.450. The first-order valence-corrected chi connectivity index (χ1v) is 9.77. The van der Waals surface area contributed by atoms with Gasteiger partial charge in [0.1, 0.15) is 5.75 Å². The van der Waals surface area contributed by atoms with Crippen molar-refractivity contribution in [3.8, 4) is 5.75 Å². The lowest BCUT2D eigenvalue weighted by atomic mass is 10.0. The van der Waals surface area contributed by atoms with E-state index in [-0.39, 0.29) is 24.4 Å². The van der Waals surface area contributed by atoms with E-state index in [1.54, 1.807) is 18.4 Å². The van der Waals surface area contributed by atoms with Crippen molar-refractivity contribution in [2.75, 3.05) is 38.6 Å². The lowest BCUT2D eigenvalue weighted by molar-refractivity contribution is -0.118. The first-order chi connectivity index (χ1) is 12.5. The van der Waals surface area contributed by atoms with Crippen LogP contribution in [-0.2, 0) is 4.79 Å². The Labute approximate surface area is 171 Å². The molecule has 0 spiro atoms. The number of piperazine rings is 1. The van der Waals surface area contributed by atoms with Crippen LogP contribution in [0.15, 0.2) is 24.3 Å². The normalized spacial score (nSPS) is 17.3. The van der Waals surface area contributed by atoms with Crippen molar-refractivity contribution in [3.05, 3.63) is 45.8 Å². The number of nitrogens with one attached hydrogen (secondary N) is 2. The van der Waals surface area contributed by atoms with Crippen LogP contribution in [0.25, 0.3) is 0 Å². The van der Waals surface area contributed by atoms with E-state index in [0.29, 0.717) is 6.54 Å². The van der Waals surface area contributed by atoms with Crippen LogP contribution in [0.5, 0.6) is 5.75 Å². The van der Waals surface area contributed by atoms with Gasteiger partial charge in [-0.2, -0.15) is 0 Å². The zero-order valence-corrected chi connectivity index (χ0v) is 17.9. The van der Waals surface area contributed by atoms with Gasteiger partial charge < -0.3 is 15.4 Å². The molecule has 0 radical (unpaired) electrons. The molecule has 1 amide bonds. The zero-order valence-electron chi connectivity index (χ0n) is 16.3. The predicted octanol–water partition coefficient (Wildman–Crippen LogP) is 3.69. The molecule has 7 heteroatoms. The maximum absolute atomic E-state index is 12.7. The number of benzene rings is 1. The second-order valence-electron chi connectivity index (χ2n) is 6.72. The van der Waals surface area contributed by atoms with Crippen molar-refractivity contribution in [2.45, 2.75) is 26.8 Å². The minimum absolute atomic E-state index is 0. The van der Waals surface area contributed by atoms with Crippen molar-refractivity contribution < 1.29 is 9.53 Å². The number of ether oxygens (including phenoxy) is 1. The Morgan fingerprint density at radius 1 is 1.30 bits per heavy atom. The van der Waals surface area contributed by atoms with Crippen molar-refractivity contribution in [1.82, 2.24) is 10.2 Å². The van der Waals surface area contributed by atoms with Gasteiger partial charge in [-0.3, -0.25) is 9.69 Å². The number of nitrogens with zero attached hydrogens (tertiary/aromatic N) is 1. The van der Waals surface area contributed by atoms with Gasteiger partial charge in [0.15, 0.2) is 0 Å². The zero-order chi connectivity index (χ0) is 18.7. The molecule has 0 saturated carbocycles. The SMILES string of the molecule is COc1ccccc1C1CNCCN1CC(=O)Nc1sc(C)c(C)c1C.Cl. The average molecular weight is 410 g/mol. The van der Waals surface area contributed by atoms with Crippen molar-refractivity contribution in [2.24, 2.45) is 0 Å². The van der Waals surface area contributed by atoms with E-state index in [2.05, 4.69) is 42.4 Å². The Balaban J connectivity index is 0.00000261. The molecule has 1 fully saturated rings. The topological polar surface area (TPSA) is 53.6 Å². The average Bonchev–Trinajstić information content (AvgIpc) is 2.89. The highest BCUT2D eigenvalue weighted by molar-refractivity contribution is 7.16. The summed E-state index contributed by atoms with van der Waals surface area (Å²) in [6, 6.07) is 8.17. The molecule has 1 aromatic heterocycles. The summed E-state index contributed by atoms with van der Waals surface area (Å²) in [6.07, 6.45) is 0. The number of halogens is 1. The molecular formula is C20H28ClN3O2S. The number of thiophene rings is 1. The van der Waals surface area contributed by atoms with Gasteiger partial charge in [-0.25, -0.2) is 0 Å². The van der Waals surface area contributed by atoms with E-state index in [0.717, 1.165) is 35.9 Å². The number of amides is 1. The second-order valence-corrected chi connectivity index (χ2v) is 7.94. The molecule has 148 valence electrons. The highest BCUT2D eigenvalue weighted by Crippen LogP contribution is 2.32. The summed E-state index contributed by atoms with van der Waals surface area (Å²) in [5.74, 6) is 0.906. The number of carbonyl (C=O) groups is 1. The van der Waals surface area contributed by atoms with Gasteiger partial charge in [0, 0.05) is 30.1 Å². The minimum atomic E-state index is 0. The summed E-state index contributed by atoms with van der Waals surface area (Å²) in [5.41, 5.74) is 3.55. The van der Waals surface area contributed by atoms with E-state index >= 15 is 0 Å². The van der Waals surface area contributed by atoms with Gasteiger partial charge in [-0.15, -0.1) is 23.7 Å². The summed E-state index contributed by atoms with van der Waals surface area (Å²) >= 11 is 1.65. The summed E-state index contributed by atoms with van der Waals surface area (Å²) < 4.78 is 5.53. The third kappa shape index (κ3) is 4.82. The first kappa shape index (κ1) is 21.7. The van der Waals surface area contributed by atoms with Crippen molar-refractivity contribution in [3.63, 3.8) is 0 Å². The molecule has 2 N–H and O–H groups in total. The number of hydrogen-bond donors (Lipinski definition) is 2. The van der Waals surface area contributed by atoms with E-state index < -0.39 is 0 Å². The summed E-state index contributed by atoms with van der Waals surface area (Å²) in [6.45, 7) is 9.16. The standard InChI is InChI=1S/C20H27N3O2S.ClH/c1-13-14(2)20(26-15(13)3)22-19(24)12-23-10-9-21-11-17(23)16-7-5-6-8-18(16)25-4;/h5-8,17,21H,9-12H2,1-4H3,(H,22,24);1H. The second kappa shape index (κ2) is 9.55. The Morgan fingerprint density at radius 3 is 2.70 bits per heavy atom. The van der Waals surface area contributed by atoms with Crippen LogP contribution in [0.1, 0.15) is 27.6 Å². The van der Waals surface area contributed by atoms with Gasteiger partial charge >= 0.3 is 0 Å². The first-order valence-electron chi connectivity index (χ1n) is 8.95. The molecule has 2 aromatic rings. The van der Waals surface area contributed by atoms with E-state index in [1.807, 2.05) is 18.2 Å². The molecule has 1 aliphatic rings. The van der Waals surface area contributed by atoms with Crippen molar-refractivity contribution in [1.29, 1.82) is 0 Å². The molecule has 1 aliphatic heterocycles. The van der Waals surface area contributed by atoms with Crippen LogP contribution < -0.4 is 15.4 Å². The maximum Gasteiger partial charge on any atom is 0.239 e. The molecule has 0 aliphatic carbocycles. The molecular weight excluding hydrogens is 382 g/mol. The summed E-state index contributed by atoms with van der Waals surface area (Å²) in [5, 5.41) is 7.50. The summed E-state index contributed by atoms with van der Waals surface area (Å²) in [4.78, 5) is 16.2. The Morgan fingerprint density at radius 2 is 2.04 bits per heavy atom. The monoisotopic (exact) mass is 409 g/mol. The lowest BCUT2D eigenvalue weighted by Crippen LogP contribution is -2.48. The molecule has 1 atom stereocenters. The number of rotatable bonds is 5. The predicted molar refractivity (Wildman–Crippen MR) is 115 cm³/mol. The number of methoxy groups -OCH3 is 1. The molecule has 1 unspecified atom stereocenters. The van der Waals surface area contributed by atoms with Gasteiger partial charge in [0.2, 0.25) is 5.91 Å². The molecule has 3 rings (SSSR count).